The summed E-state index contributed by atoms with van der Waals surface area (Å²) in [5.41, 5.74) is 1.33. The number of halogens is 1. The molecule has 0 bridgehead atoms. The van der Waals surface area contributed by atoms with E-state index in [9.17, 15) is 4.79 Å². The maximum Gasteiger partial charge on any atom is 0.220 e. The maximum absolute atomic E-state index is 12.1. The summed E-state index contributed by atoms with van der Waals surface area (Å²) in [6.45, 7) is 3.51. The molecule has 1 saturated carbocycles. The smallest absolute Gasteiger partial charge is 0.220 e. The first-order valence-electron chi connectivity index (χ1n) is 8.10. The molecule has 3 rings (SSSR count). The van der Waals surface area contributed by atoms with Crippen LogP contribution in [-0.2, 0) is 16.8 Å². The van der Waals surface area contributed by atoms with Gasteiger partial charge in [-0.05, 0) is 43.9 Å². The van der Waals surface area contributed by atoms with Crippen LogP contribution in [0.2, 0.25) is 5.02 Å². The highest BCUT2D eigenvalue weighted by molar-refractivity contribution is 6.30. The zero-order valence-electron chi connectivity index (χ0n) is 13.4. The van der Waals surface area contributed by atoms with E-state index >= 15 is 0 Å². The molecule has 0 unspecified atom stereocenters. The second-order valence-electron chi connectivity index (χ2n) is 6.34. The molecule has 0 saturated heterocycles. The van der Waals surface area contributed by atoms with Crippen LogP contribution in [0, 0.1) is 6.92 Å². The second kappa shape index (κ2) is 6.75. The normalized spacial score (nSPS) is 15.4. The summed E-state index contributed by atoms with van der Waals surface area (Å²) in [6, 6.07) is 7.99. The number of aromatic nitrogens is 2. The van der Waals surface area contributed by atoms with Crippen LogP contribution in [0.15, 0.2) is 36.7 Å². The van der Waals surface area contributed by atoms with Gasteiger partial charge in [0, 0.05) is 42.3 Å². The van der Waals surface area contributed by atoms with Gasteiger partial charge >= 0.3 is 0 Å². The number of benzene rings is 1. The Morgan fingerprint density at radius 2 is 2.26 bits per heavy atom. The van der Waals surface area contributed by atoms with Gasteiger partial charge in [0.05, 0.1) is 0 Å². The zero-order valence-corrected chi connectivity index (χ0v) is 14.1. The van der Waals surface area contributed by atoms with Crippen molar-refractivity contribution in [1.82, 2.24) is 14.9 Å². The average molecular weight is 332 g/mol. The Hall–Kier alpha value is -1.81. The topological polar surface area (TPSA) is 46.9 Å². The Morgan fingerprint density at radius 3 is 2.91 bits per heavy atom. The maximum atomic E-state index is 12.1. The van der Waals surface area contributed by atoms with Gasteiger partial charge in [0.15, 0.2) is 0 Å². The predicted molar refractivity (Wildman–Crippen MR) is 91.6 cm³/mol. The third kappa shape index (κ3) is 3.94. The van der Waals surface area contributed by atoms with Crippen molar-refractivity contribution in [3.8, 4) is 0 Å². The van der Waals surface area contributed by atoms with Crippen LogP contribution in [-0.4, -0.2) is 22.0 Å². The first-order valence-corrected chi connectivity index (χ1v) is 8.47. The van der Waals surface area contributed by atoms with Crippen molar-refractivity contribution in [3.63, 3.8) is 0 Å². The van der Waals surface area contributed by atoms with Crippen molar-refractivity contribution in [2.75, 3.05) is 6.54 Å². The molecule has 2 aromatic rings. The highest BCUT2D eigenvalue weighted by atomic mass is 35.5. The molecule has 4 nitrogen and oxygen atoms in total. The quantitative estimate of drug-likeness (QED) is 0.844. The van der Waals surface area contributed by atoms with Crippen LogP contribution in [0.1, 0.15) is 37.1 Å². The molecule has 1 aliphatic carbocycles. The number of carbonyl (C=O) groups is 1. The van der Waals surface area contributed by atoms with Crippen LogP contribution in [0.5, 0.6) is 0 Å². The lowest BCUT2D eigenvalue weighted by atomic mass is 9.96. The number of hydrogen-bond donors (Lipinski definition) is 1. The van der Waals surface area contributed by atoms with E-state index in [1.165, 1.54) is 5.56 Å². The lowest BCUT2D eigenvalue weighted by molar-refractivity contribution is -0.121. The summed E-state index contributed by atoms with van der Waals surface area (Å²) in [6.07, 6.45) is 7.34. The fraction of sp³-hybridized carbons (Fsp3) is 0.444. The molecular weight excluding hydrogens is 310 g/mol. The Labute approximate surface area is 141 Å². The molecule has 23 heavy (non-hydrogen) atoms. The van der Waals surface area contributed by atoms with Gasteiger partial charge < -0.3 is 9.88 Å². The Morgan fingerprint density at radius 1 is 1.43 bits per heavy atom. The van der Waals surface area contributed by atoms with E-state index in [0.717, 1.165) is 36.7 Å². The predicted octanol–water partition coefficient (Wildman–Crippen LogP) is 3.47. The minimum Gasteiger partial charge on any atom is -0.355 e. The number of nitrogens with one attached hydrogen (secondary N) is 1. The molecule has 1 aromatic heterocycles. The molecule has 0 atom stereocenters. The fourth-order valence-corrected chi connectivity index (χ4v) is 3.13. The van der Waals surface area contributed by atoms with E-state index < -0.39 is 0 Å². The molecule has 122 valence electrons. The first kappa shape index (κ1) is 16.1. The van der Waals surface area contributed by atoms with Gasteiger partial charge in [-0.2, -0.15) is 0 Å². The third-order valence-corrected chi connectivity index (χ3v) is 4.88. The average Bonchev–Trinajstić information content (AvgIpc) is 3.23. The van der Waals surface area contributed by atoms with Crippen LogP contribution >= 0.6 is 11.6 Å². The third-order valence-electron chi connectivity index (χ3n) is 4.64. The minimum atomic E-state index is 0.0987. The largest absolute Gasteiger partial charge is 0.355 e. The molecule has 1 heterocycles. The van der Waals surface area contributed by atoms with Gasteiger partial charge in [-0.3, -0.25) is 4.79 Å². The second-order valence-corrected chi connectivity index (χ2v) is 6.78. The van der Waals surface area contributed by atoms with Crippen LogP contribution in [0.25, 0.3) is 0 Å². The van der Waals surface area contributed by atoms with E-state index in [4.69, 9.17) is 11.6 Å². The molecule has 0 radical (unpaired) electrons. The molecule has 5 heteroatoms. The first-order chi connectivity index (χ1) is 11.1. The number of imidazole rings is 1. The van der Waals surface area contributed by atoms with E-state index in [-0.39, 0.29) is 11.3 Å². The van der Waals surface area contributed by atoms with Gasteiger partial charge in [-0.1, -0.05) is 23.7 Å². The van der Waals surface area contributed by atoms with Crippen molar-refractivity contribution in [2.45, 2.75) is 44.6 Å². The lowest BCUT2D eigenvalue weighted by Gasteiger charge is -2.17. The molecular formula is C18H22ClN3O. The summed E-state index contributed by atoms with van der Waals surface area (Å²) in [7, 11) is 0. The van der Waals surface area contributed by atoms with Gasteiger partial charge in [-0.25, -0.2) is 4.98 Å². The number of rotatable bonds is 7. The van der Waals surface area contributed by atoms with E-state index in [1.54, 1.807) is 6.20 Å². The number of hydrogen-bond acceptors (Lipinski definition) is 2. The van der Waals surface area contributed by atoms with Crippen LogP contribution in [0.4, 0.5) is 0 Å². The summed E-state index contributed by atoms with van der Waals surface area (Å²) in [5, 5.41) is 3.85. The zero-order chi connectivity index (χ0) is 16.3. The minimum absolute atomic E-state index is 0.0987. The van der Waals surface area contributed by atoms with Crippen molar-refractivity contribution < 1.29 is 4.79 Å². The molecule has 1 aliphatic rings. The van der Waals surface area contributed by atoms with Crippen LogP contribution < -0.4 is 5.32 Å². The van der Waals surface area contributed by atoms with Crippen molar-refractivity contribution in [3.05, 3.63) is 53.1 Å². The van der Waals surface area contributed by atoms with Gasteiger partial charge in [-0.15, -0.1) is 0 Å². The number of amides is 1. The number of carbonyl (C=O) groups excluding carboxylic acids is 1. The molecule has 0 spiro atoms. The standard InChI is InChI=1S/C18H22ClN3O/c1-14-20-9-11-22(14)10-3-6-17(23)21-13-18(7-8-18)15-4-2-5-16(19)12-15/h2,4-5,9,11-12H,3,6-8,10,13H2,1H3,(H,21,23). The number of aryl methyl sites for hydroxylation is 2. The highest BCUT2D eigenvalue weighted by Gasteiger charge is 2.44. The fourth-order valence-electron chi connectivity index (χ4n) is 2.94. The Bertz CT molecular complexity index is 691. The van der Waals surface area contributed by atoms with Gasteiger partial charge in [0.25, 0.3) is 0 Å². The molecule has 1 aromatic carbocycles. The summed E-state index contributed by atoms with van der Waals surface area (Å²) < 4.78 is 2.07. The Kier molecular flexibility index (Phi) is 4.71. The molecule has 1 fully saturated rings. The summed E-state index contributed by atoms with van der Waals surface area (Å²) >= 11 is 6.08. The monoisotopic (exact) mass is 331 g/mol. The molecule has 1 N–H and O–H groups in total. The summed E-state index contributed by atoms with van der Waals surface area (Å²) in [5.74, 6) is 1.11. The highest BCUT2D eigenvalue weighted by Crippen LogP contribution is 2.48. The summed E-state index contributed by atoms with van der Waals surface area (Å²) in [4.78, 5) is 16.3. The van der Waals surface area contributed by atoms with E-state index in [0.29, 0.717) is 13.0 Å². The molecule has 1 amide bonds. The lowest BCUT2D eigenvalue weighted by Crippen LogP contribution is -2.32. The van der Waals surface area contributed by atoms with Gasteiger partial charge in [0.1, 0.15) is 5.82 Å². The van der Waals surface area contributed by atoms with E-state index in [2.05, 4.69) is 20.9 Å². The van der Waals surface area contributed by atoms with Crippen molar-refractivity contribution >= 4 is 17.5 Å². The SMILES string of the molecule is Cc1nccn1CCCC(=O)NCC1(c2cccc(Cl)c2)CC1. The van der Waals surface area contributed by atoms with Crippen molar-refractivity contribution in [2.24, 2.45) is 0 Å². The van der Waals surface area contributed by atoms with E-state index in [1.807, 2.05) is 31.3 Å². The molecule has 0 aliphatic heterocycles. The van der Waals surface area contributed by atoms with Crippen LogP contribution in [0.3, 0.4) is 0 Å². The Balaban J connectivity index is 1.45. The van der Waals surface area contributed by atoms with Gasteiger partial charge in [0.2, 0.25) is 5.91 Å². The number of nitrogens with zero attached hydrogens (tertiary/aromatic N) is 2. The van der Waals surface area contributed by atoms with Crippen molar-refractivity contribution in [1.29, 1.82) is 0 Å².